The van der Waals surface area contributed by atoms with Gasteiger partial charge >= 0.3 is 0 Å². The zero-order valence-electron chi connectivity index (χ0n) is 22.5. The minimum absolute atomic E-state index is 0.242. The fourth-order valence-corrected chi connectivity index (χ4v) is 4.54. The number of amides is 1. The Kier molecular flexibility index (Phi) is 8.27. The fourth-order valence-electron chi connectivity index (χ4n) is 4.54. The lowest BCUT2D eigenvalue weighted by Gasteiger charge is -2.17. The van der Waals surface area contributed by atoms with Gasteiger partial charge in [-0.15, -0.1) is 0 Å². The highest BCUT2D eigenvalue weighted by molar-refractivity contribution is 5.99. The molecule has 0 fully saturated rings. The summed E-state index contributed by atoms with van der Waals surface area (Å²) in [5.74, 6) is 0.0234. The van der Waals surface area contributed by atoms with Gasteiger partial charge in [-0.05, 0) is 54.8 Å². The number of carbonyl (C=O) groups is 1. The first kappa shape index (κ1) is 27.4. The van der Waals surface area contributed by atoms with Crippen LogP contribution in [0, 0.1) is 17.1 Å². The van der Waals surface area contributed by atoms with Gasteiger partial charge in [-0.3, -0.25) is 4.79 Å². The van der Waals surface area contributed by atoms with Gasteiger partial charge in [-0.25, -0.2) is 19.3 Å². The number of benzene rings is 2. The molecule has 1 atom stereocenters. The number of pyridine rings is 1. The number of anilines is 2. The van der Waals surface area contributed by atoms with Crippen LogP contribution in [0.2, 0.25) is 0 Å². The van der Waals surface area contributed by atoms with Gasteiger partial charge in [0.2, 0.25) is 0 Å². The van der Waals surface area contributed by atoms with Crippen LogP contribution < -0.4 is 21.7 Å². The van der Waals surface area contributed by atoms with E-state index in [0.29, 0.717) is 18.2 Å². The number of halogens is 1. The van der Waals surface area contributed by atoms with Crippen molar-refractivity contribution in [3.8, 4) is 17.3 Å². The highest BCUT2D eigenvalue weighted by Gasteiger charge is 2.18. The quantitative estimate of drug-likeness (QED) is 0.250. The molecular weight excluding hydrogens is 519 g/mol. The maximum Gasteiger partial charge on any atom is 0.255 e. The molecule has 1 unspecified atom stereocenters. The van der Waals surface area contributed by atoms with E-state index in [1.807, 2.05) is 30.3 Å². The monoisotopic (exact) mass is 548 g/mol. The van der Waals surface area contributed by atoms with Gasteiger partial charge in [0.25, 0.3) is 5.91 Å². The number of hydrogen-bond acceptors (Lipinski definition) is 8. The Bertz CT molecular complexity index is 1630. The lowest BCUT2D eigenvalue weighted by atomic mass is 10.0. The molecule has 0 saturated carbocycles. The van der Waals surface area contributed by atoms with Crippen LogP contribution in [0.25, 0.3) is 16.8 Å². The van der Waals surface area contributed by atoms with E-state index < -0.39 is 5.91 Å². The highest BCUT2D eigenvalue weighted by atomic mass is 19.1. The third-order valence-corrected chi connectivity index (χ3v) is 6.86. The second-order valence-corrected chi connectivity index (χ2v) is 9.70. The number of aromatic nitrogens is 3. The van der Waals surface area contributed by atoms with Crippen molar-refractivity contribution in [1.82, 2.24) is 25.6 Å². The van der Waals surface area contributed by atoms with E-state index in [1.165, 1.54) is 24.4 Å². The summed E-state index contributed by atoms with van der Waals surface area (Å²) in [5, 5.41) is 18.8. The number of nitrogens with zero attached hydrogens (tertiary/aromatic N) is 4. The van der Waals surface area contributed by atoms with E-state index in [9.17, 15) is 14.4 Å². The molecule has 3 heterocycles. The first-order chi connectivity index (χ1) is 19.9. The topological polar surface area (TPSA) is 142 Å². The van der Waals surface area contributed by atoms with Crippen LogP contribution >= 0.6 is 0 Å². The Labute approximate surface area is 237 Å². The molecule has 5 N–H and O–H groups in total. The summed E-state index contributed by atoms with van der Waals surface area (Å²) in [6.07, 6.45) is 6.03. The molecule has 0 radical (unpaired) electrons. The van der Waals surface area contributed by atoms with E-state index in [0.717, 1.165) is 53.2 Å². The lowest BCUT2D eigenvalue weighted by Crippen LogP contribution is -2.28. The van der Waals surface area contributed by atoms with Crippen molar-refractivity contribution >= 4 is 23.1 Å². The molecule has 5 rings (SSSR count). The first-order valence-corrected chi connectivity index (χ1v) is 13.2. The Hall–Kier alpha value is -5.14. The molecule has 4 aromatic rings. The van der Waals surface area contributed by atoms with Crippen molar-refractivity contribution in [1.29, 1.82) is 5.26 Å². The average Bonchev–Trinajstić information content (AvgIpc) is 3.01. The van der Waals surface area contributed by atoms with E-state index in [2.05, 4.69) is 32.0 Å². The third-order valence-electron chi connectivity index (χ3n) is 6.86. The molecule has 206 valence electrons. The number of nitriles is 1. The molecule has 10 heteroatoms. The molecule has 0 aliphatic carbocycles. The van der Waals surface area contributed by atoms with E-state index in [4.69, 9.17) is 10.7 Å². The largest absolute Gasteiger partial charge is 0.382 e. The maximum atomic E-state index is 13.3. The number of rotatable bonds is 8. The molecule has 1 aliphatic rings. The van der Waals surface area contributed by atoms with Crippen molar-refractivity contribution in [3.63, 3.8) is 0 Å². The Morgan fingerprint density at radius 2 is 1.93 bits per heavy atom. The number of carbonyl (C=O) groups excluding carboxylic acids is 1. The standard InChI is InChI=1S/C31H29FN8O/c1-19(22-6-8-25(32)9-7-22)39-31(41)26-14-21(15-33)17-38-30(26)37-16-20-2-4-23(5-3-20)27-18-36-29(34)28(40-27)24-10-12-35-13-11-24/h2-10,14,17-19,35H,11-13,16H2,1H3,(H2,34,36)(H,37,38)(H,39,41). The normalized spacial score (nSPS) is 13.5. The first-order valence-electron chi connectivity index (χ1n) is 13.2. The van der Waals surface area contributed by atoms with Crippen LogP contribution in [0.3, 0.4) is 0 Å². The van der Waals surface area contributed by atoms with Gasteiger partial charge in [0, 0.05) is 24.8 Å². The van der Waals surface area contributed by atoms with Gasteiger partial charge in [0.15, 0.2) is 0 Å². The molecule has 0 saturated heterocycles. The second-order valence-electron chi connectivity index (χ2n) is 9.70. The molecule has 1 aliphatic heterocycles. The highest BCUT2D eigenvalue weighted by Crippen LogP contribution is 2.26. The SMILES string of the molecule is CC(NC(=O)c1cc(C#N)cnc1NCc1ccc(-c2cnc(N)c(C3=CCNCC3)n2)cc1)c1ccc(F)cc1. The molecule has 0 spiro atoms. The molecule has 41 heavy (non-hydrogen) atoms. The van der Waals surface area contributed by atoms with Gasteiger partial charge in [0.05, 0.1) is 29.1 Å². The van der Waals surface area contributed by atoms with Crippen molar-refractivity contribution in [2.45, 2.75) is 25.9 Å². The Morgan fingerprint density at radius 3 is 2.63 bits per heavy atom. The third kappa shape index (κ3) is 6.54. The molecule has 9 nitrogen and oxygen atoms in total. The van der Waals surface area contributed by atoms with Crippen LogP contribution in [-0.2, 0) is 6.54 Å². The predicted octanol–water partition coefficient (Wildman–Crippen LogP) is 4.61. The molecule has 2 aromatic heterocycles. The lowest BCUT2D eigenvalue weighted by molar-refractivity contribution is 0.0940. The number of nitrogens with one attached hydrogen (secondary N) is 3. The summed E-state index contributed by atoms with van der Waals surface area (Å²) >= 11 is 0. The summed E-state index contributed by atoms with van der Waals surface area (Å²) in [5.41, 5.74) is 11.8. The van der Waals surface area contributed by atoms with Crippen molar-refractivity contribution in [3.05, 3.63) is 107 Å². The second kappa shape index (κ2) is 12.4. The average molecular weight is 549 g/mol. The van der Waals surface area contributed by atoms with Crippen molar-refractivity contribution in [2.24, 2.45) is 0 Å². The predicted molar refractivity (Wildman–Crippen MR) is 156 cm³/mol. The smallest absolute Gasteiger partial charge is 0.255 e. The van der Waals surface area contributed by atoms with Gasteiger partial charge < -0.3 is 21.7 Å². The number of nitrogen functional groups attached to an aromatic ring is 1. The molecule has 0 bridgehead atoms. The molecule has 2 aromatic carbocycles. The summed E-state index contributed by atoms with van der Waals surface area (Å²) in [7, 11) is 0. The zero-order chi connectivity index (χ0) is 28.8. The van der Waals surface area contributed by atoms with Crippen LogP contribution in [0.4, 0.5) is 16.0 Å². The van der Waals surface area contributed by atoms with Crippen LogP contribution in [0.5, 0.6) is 0 Å². The summed E-state index contributed by atoms with van der Waals surface area (Å²) < 4.78 is 13.3. The van der Waals surface area contributed by atoms with Gasteiger partial charge in [-0.1, -0.05) is 42.5 Å². The van der Waals surface area contributed by atoms with Crippen molar-refractivity contribution in [2.75, 3.05) is 24.1 Å². The zero-order valence-corrected chi connectivity index (χ0v) is 22.5. The number of nitrogens with two attached hydrogens (primary N) is 1. The van der Waals surface area contributed by atoms with Gasteiger partial charge in [0.1, 0.15) is 29.2 Å². The Balaban J connectivity index is 1.29. The Morgan fingerprint density at radius 1 is 1.15 bits per heavy atom. The van der Waals surface area contributed by atoms with E-state index in [-0.39, 0.29) is 23.0 Å². The minimum Gasteiger partial charge on any atom is -0.382 e. The molecular formula is C31H29FN8O. The van der Waals surface area contributed by atoms with Gasteiger partial charge in [-0.2, -0.15) is 5.26 Å². The van der Waals surface area contributed by atoms with Crippen LogP contribution in [0.1, 0.15) is 52.1 Å². The van der Waals surface area contributed by atoms with Crippen LogP contribution in [0.15, 0.2) is 73.1 Å². The minimum atomic E-state index is -0.397. The van der Waals surface area contributed by atoms with E-state index >= 15 is 0 Å². The number of hydrogen-bond donors (Lipinski definition) is 4. The summed E-state index contributed by atoms with van der Waals surface area (Å²) in [4.78, 5) is 26.6. The fraction of sp³-hybridized carbons (Fsp3) is 0.194. The molecule has 1 amide bonds. The van der Waals surface area contributed by atoms with E-state index in [1.54, 1.807) is 25.3 Å². The van der Waals surface area contributed by atoms with Crippen molar-refractivity contribution < 1.29 is 9.18 Å². The summed E-state index contributed by atoms with van der Waals surface area (Å²) in [6.45, 7) is 3.86. The summed E-state index contributed by atoms with van der Waals surface area (Å²) in [6, 6.07) is 16.9. The maximum absolute atomic E-state index is 13.3. The van der Waals surface area contributed by atoms with Crippen LogP contribution in [-0.4, -0.2) is 33.9 Å².